The lowest BCUT2D eigenvalue weighted by Crippen LogP contribution is -2.00. The molecule has 16 heavy (non-hydrogen) atoms. The zero-order valence-corrected chi connectivity index (χ0v) is 10.1. The van der Waals surface area contributed by atoms with Gasteiger partial charge in [0, 0.05) is 12.2 Å². The van der Waals surface area contributed by atoms with Gasteiger partial charge in [0.05, 0.1) is 12.5 Å². The maximum absolute atomic E-state index is 5.96. The summed E-state index contributed by atoms with van der Waals surface area (Å²) in [6.45, 7) is 4.93. The van der Waals surface area contributed by atoms with Crippen molar-refractivity contribution in [2.24, 2.45) is 0 Å². The Balaban J connectivity index is 2.51. The number of halogens is 1. The molecule has 2 rings (SSSR count). The predicted octanol–water partition coefficient (Wildman–Crippen LogP) is 2.58. The fourth-order valence-corrected chi connectivity index (χ4v) is 1.72. The predicted molar refractivity (Wildman–Crippen MR) is 63.3 cm³/mol. The molecular weight excluding hydrogens is 224 g/mol. The summed E-state index contributed by atoms with van der Waals surface area (Å²) < 4.78 is 1.99. The van der Waals surface area contributed by atoms with E-state index in [0.29, 0.717) is 11.0 Å². The maximum atomic E-state index is 5.96. The highest BCUT2D eigenvalue weighted by molar-refractivity contribution is 6.29. The van der Waals surface area contributed by atoms with Crippen LogP contribution in [0.3, 0.4) is 0 Å². The molecule has 0 saturated heterocycles. The molecule has 0 aliphatic rings. The third-order valence-corrected chi connectivity index (χ3v) is 2.59. The number of aromatic nitrogens is 4. The van der Waals surface area contributed by atoms with E-state index in [1.807, 2.05) is 11.5 Å². The van der Waals surface area contributed by atoms with E-state index in [2.05, 4.69) is 21.9 Å². The second kappa shape index (κ2) is 4.61. The average molecular weight is 237 g/mol. The normalized spacial score (nSPS) is 10.7. The van der Waals surface area contributed by atoms with E-state index in [1.165, 1.54) is 0 Å². The topological polar surface area (TPSA) is 43.6 Å². The summed E-state index contributed by atoms with van der Waals surface area (Å²) in [4.78, 5) is 12.8. The molecule has 0 bridgehead atoms. The highest BCUT2D eigenvalue weighted by Gasteiger charge is 2.09. The van der Waals surface area contributed by atoms with Crippen molar-refractivity contribution in [1.82, 2.24) is 19.5 Å². The third-order valence-electron chi connectivity index (χ3n) is 2.39. The van der Waals surface area contributed by atoms with Gasteiger partial charge in [0.2, 0.25) is 0 Å². The van der Waals surface area contributed by atoms with Crippen LogP contribution in [0.2, 0.25) is 5.15 Å². The van der Waals surface area contributed by atoms with Crippen LogP contribution in [0.25, 0.3) is 11.5 Å². The molecule has 2 aromatic heterocycles. The molecule has 2 heterocycles. The Bertz CT molecular complexity index is 492. The summed E-state index contributed by atoms with van der Waals surface area (Å²) in [6.07, 6.45) is 4.37. The van der Waals surface area contributed by atoms with E-state index in [0.717, 1.165) is 24.4 Å². The van der Waals surface area contributed by atoms with E-state index in [9.17, 15) is 0 Å². The van der Waals surface area contributed by atoms with E-state index in [4.69, 9.17) is 11.6 Å². The zero-order valence-electron chi connectivity index (χ0n) is 9.31. The molecule has 0 saturated carbocycles. The van der Waals surface area contributed by atoms with Crippen molar-refractivity contribution >= 4 is 11.6 Å². The first-order chi connectivity index (χ1) is 7.74. The first kappa shape index (κ1) is 11.1. The van der Waals surface area contributed by atoms with Gasteiger partial charge in [-0.1, -0.05) is 18.5 Å². The molecule has 0 unspecified atom stereocenters. The minimum atomic E-state index is 0.478. The lowest BCUT2D eigenvalue weighted by molar-refractivity contribution is 0.762. The Kier molecular flexibility index (Phi) is 3.19. The van der Waals surface area contributed by atoms with E-state index < -0.39 is 0 Å². The van der Waals surface area contributed by atoms with Gasteiger partial charge in [-0.05, 0) is 19.4 Å². The van der Waals surface area contributed by atoms with Gasteiger partial charge in [0.15, 0.2) is 5.82 Å². The second-order valence-electron chi connectivity index (χ2n) is 3.42. The summed E-state index contributed by atoms with van der Waals surface area (Å²) in [5.74, 6) is 0.642. The molecule has 0 aliphatic carbocycles. The van der Waals surface area contributed by atoms with Gasteiger partial charge >= 0.3 is 0 Å². The highest BCUT2D eigenvalue weighted by Crippen LogP contribution is 2.18. The lowest BCUT2D eigenvalue weighted by Gasteiger charge is -2.05. The molecule has 0 aromatic carbocycles. The molecule has 84 valence electrons. The Labute approximate surface area is 99.3 Å². The Morgan fingerprint density at radius 1 is 1.31 bits per heavy atom. The number of hydrogen-bond donors (Lipinski definition) is 0. The summed E-state index contributed by atoms with van der Waals surface area (Å²) in [5, 5.41) is 0.478. The van der Waals surface area contributed by atoms with Gasteiger partial charge in [-0.3, -0.25) is 0 Å². The van der Waals surface area contributed by atoms with Gasteiger partial charge in [0.25, 0.3) is 0 Å². The van der Waals surface area contributed by atoms with Crippen LogP contribution >= 0.6 is 11.6 Å². The van der Waals surface area contributed by atoms with Gasteiger partial charge in [-0.25, -0.2) is 15.0 Å². The van der Waals surface area contributed by atoms with Gasteiger partial charge in [0.1, 0.15) is 10.8 Å². The van der Waals surface area contributed by atoms with E-state index >= 15 is 0 Å². The number of nitrogens with zero attached hydrogens (tertiary/aromatic N) is 4. The molecule has 0 radical (unpaired) electrons. The van der Waals surface area contributed by atoms with Crippen molar-refractivity contribution in [1.29, 1.82) is 0 Å². The Hall–Kier alpha value is -1.42. The number of hydrogen-bond acceptors (Lipinski definition) is 3. The van der Waals surface area contributed by atoms with Crippen LogP contribution in [-0.4, -0.2) is 19.5 Å². The monoisotopic (exact) mass is 236 g/mol. The summed E-state index contributed by atoms with van der Waals surface area (Å²) in [7, 11) is 0. The van der Waals surface area contributed by atoms with Crippen molar-refractivity contribution in [3.05, 3.63) is 29.4 Å². The molecule has 0 aliphatic heterocycles. The average Bonchev–Trinajstić information content (AvgIpc) is 2.76. The van der Waals surface area contributed by atoms with Gasteiger partial charge in [-0.15, -0.1) is 0 Å². The first-order valence-corrected chi connectivity index (χ1v) is 5.66. The fourth-order valence-electron chi connectivity index (χ4n) is 1.52. The quantitative estimate of drug-likeness (QED) is 0.770. The SMILES string of the molecule is CCc1cc(Cl)nc(-c2cncn2CC)n1. The van der Waals surface area contributed by atoms with Crippen molar-refractivity contribution in [2.75, 3.05) is 0 Å². The molecule has 0 spiro atoms. The third kappa shape index (κ3) is 2.07. The molecule has 4 nitrogen and oxygen atoms in total. The fraction of sp³-hybridized carbons (Fsp3) is 0.364. The van der Waals surface area contributed by atoms with Crippen LogP contribution in [0.1, 0.15) is 19.5 Å². The molecular formula is C11H13ClN4. The molecule has 0 amide bonds. The van der Waals surface area contributed by atoms with Crippen molar-refractivity contribution < 1.29 is 0 Å². The molecule has 0 N–H and O–H groups in total. The number of imidazole rings is 1. The largest absolute Gasteiger partial charge is 0.328 e. The van der Waals surface area contributed by atoms with Crippen molar-refractivity contribution in [3.8, 4) is 11.5 Å². The van der Waals surface area contributed by atoms with Crippen LogP contribution in [0, 0.1) is 0 Å². The van der Waals surface area contributed by atoms with Crippen LogP contribution in [0.4, 0.5) is 0 Å². The van der Waals surface area contributed by atoms with Crippen molar-refractivity contribution in [3.63, 3.8) is 0 Å². The van der Waals surface area contributed by atoms with Crippen LogP contribution < -0.4 is 0 Å². The van der Waals surface area contributed by atoms with Crippen LogP contribution in [0.15, 0.2) is 18.6 Å². The molecule has 0 fully saturated rings. The minimum Gasteiger partial charge on any atom is -0.328 e. The standard InChI is InChI=1S/C11H13ClN4/c1-3-8-5-10(12)15-11(14-8)9-6-13-7-16(9)4-2/h5-7H,3-4H2,1-2H3. The van der Waals surface area contributed by atoms with E-state index in [1.54, 1.807) is 18.6 Å². The summed E-state index contributed by atoms with van der Waals surface area (Å²) >= 11 is 5.96. The van der Waals surface area contributed by atoms with Crippen LogP contribution in [0.5, 0.6) is 0 Å². The Morgan fingerprint density at radius 3 is 2.81 bits per heavy atom. The van der Waals surface area contributed by atoms with E-state index in [-0.39, 0.29) is 0 Å². The van der Waals surface area contributed by atoms with Gasteiger partial charge in [-0.2, -0.15) is 0 Å². The minimum absolute atomic E-state index is 0.478. The first-order valence-electron chi connectivity index (χ1n) is 5.28. The van der Waals surface area contributed by atoms with Crippen molar-refractivity contribution in [2.45, 2.75) is 26.8 Å². The Morgan fingerprint density at radius 2 is 2.12 bits per heavy atom. The number of aryl methyl sites for hydroxylation is 2. The maximum Gasteiger partial charge on any atom is 0.179 e. The highest BCUT2D eigenvalue weighted by atomic mass is 35.5. The van der Waals surface area contributed by atoms with Crippen LogP contribution in [-0.2, 0) is 13.0 Å². The smallest absolute Gasteiger partial charge is 0.179 e. The molecule has 0 atom stereocenters. The lowest BCUT2D eigenvalue weighted by atomic mass is 10.3. The number of rotatable bonds is 3. The summed E-state index contributed by atoms with van der Waals surface area (Å²) in [6, 6.07) is 1.79. The zero-order chi connectivity index (χ0) is 11.5. The summed E-state index contributed by atoms with van der Waals surface area (Å²) in [5.41, 5.74) is 1.85. The van der Waals surface area contributed by atoms with Gasteiger partial charge < -0.3 is 4.57 Å². The second-order valence-corrected chi connectivity index (χ2v) is 3.81. The molecule has 5 heteroatoms. The molecule has 2 aromatic rings.